The molecule has 1 saturated heterocycles. The van der Waals surface area contributed by atoms with Crippen LogP contribution >= 0.6 is 23.2 Å². The molecule has 1 aliphatic rings. The van der Waals surface area contributed by atoms with Crippen LogP contribution in [0.1, 0.15) is 26.5 Å². The van der Waals surface area contributed by atoms with E-state index in [0.29, 0.717) is 16.9 Å². The Hall–Kier alpha value is -3.59. The van der Waals surface area contributed by atoms with Crippen molar-refractivity contribution in [2.24, 2.45) is 0 Å². The fourth-order valence-corrected chi connectivity index (χ4v) is 4.84. The van der Waals surface area contributed by atoms with E-state index in [1.807, 2.05) is 52.6 Å². The molecule has 2 amide bonds. The number of anilines is 1. The van der Waals surface area contributed by atoms with E-state index >= 15 is 0 Å². The minimum Gasteiger partial charge on any atom is -0.505 e. The monoisotopic (exact) mass is 537 g/mol. The third-order valence-corrected chi connectivity index (χ3v) is 7.13. The molecule has 190 valence electrons. The largest absolute Gasteiger partial charge is 0.505 e. The van der Waals surface area contributed by atoms with Crippen molar-refractivity contribution in [2.75, 3.05) is 38.5 Å². The maximum absolute atomic E-state index is 13.0. The topological polar surface area (TPSA) is 90.2 Å². The van der Waals surface area contributed by atoms with Gasteiger partial charge in [-0.1, -0.05) is 35.3 Å². The van der Waals surface area contributed by atoms with Crippen molar-refractivity contribution in [3.05, 3.63) is 81.7 Å². The molecule has 3 heterocycles. The second-order valence-electron chi connectivity index (χ2n) is 9.12. The van der Waals surface area contributed by atoms with Crippen LogP contribution in [0.3, 0.4) is 0 Å². The van der Waals surface area contributed by atoms with Crippen LogP contribution in [0.15, 0.2) is 54.7 Å². The summed E-state index contributed by atoms with van der Waals surface area (Å²) in [7, 11) is 2.06. The van der Waals surface area contributed by atoms with Gasteiger partial charge >= 0.3 is 0 Å². The molecule has 1 fully saturated rings. The van der Waals surface area contributed by atoms with Gasteiger partial charge in [-0.05, 0) is 55.9 Å². The van der Waals surface area contributed by atoms with Crippen LogP contribution in [0.2, 0.25) is 10.0 Å². The number of phenols is 1. The second-order valence-corrected chi connectivity index (χ2v) is 9.94. The molecule has 0 saturated carbocycles. The number of phenolic OH excluding ortho intramolecular Hbond substituents is 1. The molecule has 0 aliphatic carbocycles. The minimum absolute atomic E-state index is 0.0305. The van der Waals surface area contributed by atoms with Crippen LogP contribution in [-0.4, -0.2) is 69.3 Å². The van der Waals surface area contributed by atoms with Gasteiger partial charge in [-0.3, -0.25) is 9.59 Å². The van der Waals surface area contributed by atoms with Crippen LogP contribution in [0.4, 0.5) is 5.69 Å². The molecule has 5 rings (SSSR count). The summed E-state index contributed by atoms with van der Waals surface area (Å²) in [5.74, 6) is -0.659. The first-order valence-corrected chi connectivity index (χ1v) is 12.5. The number of carbonyl (C=O) groups excluding carboxylic acids is 2. The Morgan fingerprint density at radius 1 is 0.973 bits per heavy atom. The molecule has 4 aromatic rings. The fraction of sp³-hybridized carbons (Fsp3) is 0.222. The van der Waals surface area contributed by atoms with Gasteiger partial charge in [0.2, 0.25) is 0 Å². The summed E-state index contributed by atoms with van der Waals surface area (Å²) in [4.78, 5) is 34.6. The van der Waals surface area contributed by atoms with E-state index in [0.717, 1.165) is 43.0 Å². The van der Waals surface area contributed by atoms with Gasteiger partial charge in [0.05, 0.1) is 10.0 Å². The lowest BCUT2D eigenvalue weighted by Gasteiger charge is -2.32. The average Bonchev–Trinajstić information content (AvgIpc) is 3.34. The number of amides is 2. The Morgan fingerprint density at radius 2 is 1.62 bits per heavy atom. The lowest BCUT2D eigenvalue weighted by molar-refractivity contribution is 0.0664. The van der Waals surface area contributed by atoms with Crippen LogP contribution < -0.4 is 5.32 Å². The highest BCUT2D eigenvalue weighted by molar-refractivity contribution is 6.37. The molecule has 1 aliphatic heterocycles. The number of aromatic nitrogens is 2. The lowest BCUT2D eigenvalue weighted by atomic mass is 10.0. The zero-order valence-electron chi connectivity index (χ0n) is 20.3. The maximum Gasteiger partial charge on any atom is 0.275 e. The molecule has 2 N–H and O–H groups in total. The lowest BCUT2D eigenvalue weighted by Crippen LogP contribution is -2.47. The van der Waals surface area contributed by atoms with Crippen molar-refractivity contribution in [2.45, 2.75) is 6.92 Å². The van der Waals surface area contributed by atoms with Crippen LogP contribution in [-0.2, 0) is 0 Å². The number of carbonyl (C=O) groups is 2. The number of aromatic hydroxyl groups is 1. The fourth-order valence-electron chi connectivity index (χ4n) is 4.35. The molecule has 0 unspecified atom stereocenters. The number of pyridine rings is 1. The summed E-state index contributed by atoms with van der Waals surface area (Å²) in [6.45, 7) is 5.10. The van der Waals surface area contributed by atoms with E-state index in [1.165, 1.54) is 12.1 Å². The summed E-state index contributed by atoms with van der Waals surface area (Å²) in [5.41, 5.74) is 4.43. The number of halogens is 2. The summed E-state index contributed by atoms with van der Waals surface area (Å²) in [6, 6.07) is 14.2. The highest BCUT2D eigenvalue weighted by Crippen LogP contribution is 2.35. The van der Waals surface area contributed by atoms with Gasteiger partial charge in [-0.25, -0.2) is 4.98 Å². The Morgan fingerprint density at radius 3 is 2.27 bits per heavy atom. The van der Waals surface area contributed by atoms with E-state index < -0.39 is 5.91 Å². The van der Waals surface area contributed by atoms with Crippen molar-refractivity contribution in [1.29, 1.82) is 0 Å². The smallest absolute Gasteiger partial charge is 0.275 e. The first-order valence-electron chi connectivity index (χ1n) is 11.8. The molecule has 10 heteroatoms. The zero-order chi connectivity index (χ0) is 26.3. The Balaban J connectivity index is 1.41. The van der Waals surface area contributed by atoms with E-state index in [4.69, 9.17) is 23.2 Å². The summed E-state index contributed by atoms with van der Waals surface area (Å²) < 4.78 is 1.85. The van der Waals surface area contributed by atoms with Gasteiger partial charge in [0.15, 0.2) is 5.75 Å². The van der Waals surface area contributed by atoms with Crippen LogP contribution in [0, 0.1) is 6.92 Å². The maximum atomic E-state index is 13.0. The van der Waals surface area contributed by atoms with Gasteiger partial charge in [-0.2, -0.15) is 0 Å². The van der Waals surface area contributed by atoms with Gasteiger partial charge in [-0.15, -0.1) is 0 Å². The van der Waals surface area contributed by atoms with Crippen molar-refractivity contribution >= 4 is 46.4 Å². The summed E-state index contributed by atoms with van der Waals surface area (Å²) in [6.07, 6.45) is 1.67. The Labute approximate surface area is 224 Å². The highest BCUT2D eigenvalue weighted by Gasteiger charge is 2.21. The number of hydrogen-bond donors (Lipinski definition) is 2. The molecule has 0 radical (unpaired) electrons. The second kappa shape index (κ2) is 10.0. The third-order valence-electron chi connectivity index (χ3n) is 6.56. The number of nitrogens with zero attached hydrogens (tertiary/aromatic N) is 4. The predicted molar refractivity (Wildman–Crippen MR) is 145 cm³/mol. The quantitative estimate of drug-likeness (QED) is 0.359. The van der Waals surface area contributed by atoms with Gasteiger partial charge in [0.1, 0.15) is 11.3 Å². The summed E-state index contributed by atoms with van der Waals surface area (Å²) >= 11 is 11.9. The first kappa shape index (κ1) is 25.1. The van der Waals surface area contributed by atoms with Crippen LogP contribution in [0.25, 0.3) is 16.8 Å². The van der Waals surface area contributed by atoms with Crippen molar-refractivity contribution in [3.8, 4) is 16.9 Å². The number of aryl methyl sites for hydroxylation is 1. The molecular formula is C27H25Cl2N5O3. The van der Waals surface area contributed by atoms with Crippen molar-refractivity contribution in [3.63, 3.8) is 0 Å². The number of nitrogens with one attached hydrogen (secondary N) is 1. The predicted octanol–water partition coefficient (Wildman–Crippen LogP) is 4.96. The normalized spacial score (nSPS) is 14.2. The molecule has 37 heavy (non-hydrogen) atoms. The average molecular weight is 538 g/mol. The zero-order valence-corrected chi connectivity index (χ0v) is 21.8. The number of piperazine rings is 1. The number of fused-ring (bicyclic) bond motifs is 1. The standard InChI is InChI=1S/C27H25Cl2N5O3/c1-16-3-8-20(17-4-6-18(7-5-17)27(37)33-11-9-32(2)10-12-33)25-31-23(15-34(16)25)26(36)30-19-13-21(28)24(35)22(29)14-19/h3-8,13-15,35H,9-12H2,1-2H3,(H,30,36). The number of imidazole rings is 1. The van der Waals surface area contributed by atoms with Crippen molar-refractivity contribution in [1.82, 2.24) is 19.2 Å². The number of benzene rings is 2. The van der Waals surface area contributed by atoms with E-state index in [-0.39, 0.29) is 27.4 Å². The van der Waals surface area contributed by atoms with E-state index in [2.05, 4.69) is 22.2 Å². The Kier molecular flexibility index (Phi) is 6.81. The molecule has 2 aromatic heterocycles. The van der Waals surface area contributed by atoms with E-state index in [9.17, 15) is 14.7 Å². The highest BCUT2D eigenvalue weighted by atomic mass is 35.5. The minimum atomic E-state index is -0.444. The summed E-state index contributed by atoms with van der Waals surface area (Å²) in [5, 5.41) is 12.5. The molecule has 8 nitrogen and oxygen atoms in total. The van der Waals surface area contributed by atoms with Gasteiger partial charge in [0, 0.05) is 54.9 Å². The first-order chi connectivity index (χ1) is 17.7. The molecule has 0 bridgehead atoms. The number of hydrogen-bond acceptors (Lipinski definition) is 5. The van der Waals surface area contributed by atoms with E-state index in [1.54, 1.807) is 6.20 Å². The third kappa shape index (κ3) is 5.00. The number of likely N-dealkylation sites (N-methyl/N-ethyl adjacent to an activating group) is 1. The number of rotatable bonds is 4. The molecule has 0 spiro atoms. The SMILES string of the molecule is Cc1ccc(-c2ccc(C(=O)N3CCN(C)CC3)cc2)c2nc(C(=O)Nc3cc(Cl)c(O)c(Cl)c3)cn12. The van der Waals surface area contributed by atoms with Gasteiger partial charge < -0.3 is 24.6 Å². The molecular weight excluding hydrogens is 513 g/mol. The van der Waals surface area contributed by atoms with Crippen molar-refractivity contribution < 1.29 is 14.7 Å². The molecule has 2 aromatic carbocycles. The molecule has 0 atom stereocenters. The van der Waals surface area contributed by atoms with Gasteiger partial charge in [0.25, 0.3) is 11.8 Å². The van der Waals surface area contributed by atoms with Crippen LogP contribution in [0.5, 0.6) is 5.75 Å². The Bertz CT molecular complexity index is 1490.